The van der Waals surface area contributed by atoms with Crippen LogP contribution in [0.2, 0.25) is 0 Å². The second kappa shape index (κ2) is 7.94. The smallest absolute Gasteiger partial charge is 0.191 e. The van der Waals surface area contributed by atoms with E-state index in [1.165, 1.54) is 0 Å². The van der Waals surface area contributed by atoms with Crippen molar-refractivity contribution in [2.45, 2.75) is 13.1 Å². The van der Waals surface area contributed by atoms with Gasteiger partial charge in [-0.2, -0.15) is 0 Å². The van der Waals surface area contributed by atoms with Gasteiger partial charge in [0.15, 0.2) is 5.96 Å². The first kappa shape index (κ1) is 14.9. The van der Waals surface area contributed by atoms with Crippen LogP contribution in [0.3, 0.4) is 0 Å². The van der Waals surface area contributed by atoms with Gasteiger partial charge in [-0.15, -0.1) is 0 Å². The van der Waals surface area contributed by atoms with Crippen molar-refractivity contribution in [1.82, 2.24) is 20.2 Å². The normalized spacial score (nSPS) is 11.2. The molecule has 21 heavy (non-hydrogen) atoms. The number of hydrogen-bond donors (Lipinski definition) is 2. The number of aromatic nitrogens is 2. The van der Waals surface area contributed by atoms with E-state index in [1.54, 1.807) is 26.7 Å². The molecule has 0 saturated carbocycles. The number of rotatable bonds is 6. The number of aliphatic imine (C=N–C) groups is 1. The molecule has 0 aliphatic carbocycles. The van der Waals surface area contributed by atoms with E-state index in [0.29, 0.717) is 6.54 Å². The Hall–Kier alpha value is -2.50. The second-order valence-corrected chi connectivity index (χ2v) is 4.50. The summed E-state index contributed by atoms with van der Waals surface area (Å²) >= 11 is 0. The fourth-order valence-corrected chi connectivity index (χ4v) is 1.91. The number of hydrogen-bond acceptors (Lipinski definition) is 3. The summed E-state index contributed by atoms with van der Waals surface area (Å²) in [4.78, 5) is 8.21. The predicted molar refractivity (Wildman–Crippen MR) is 83.4 cm³/mol. The van der Waals surface area contributed by atoms with E-state index in [9.17, 15) is 0 Å². The maximum absolute atomic E-state index is 5.21. The Morgan fingerprint density at radius 1 is 1.38 bits per heavy atom. The van der Waals surface area contributed by atoms with Crippen molar-refractivity contribution in [3.63, 3.8) is 0 Å². The summed E-state index contributed by atoms with van der Waals surface area (Å²) < 4.78 is 7.23. The molecule has 6 nitrogen and oxygen atoms in total. The van der Waals surface area contributed by atoms with Gasteiger partial charge in [0.1, 0.15) is 5.75 Å². The van der Waals surface area contributed by atoms with E-state index in [-0.39, 0.29) is 0 Å². The predicted octanol–water partition coefficient (Wildman–Crippen LogP) is 1.26. The molecule has 0 atom stereocenters. The number of benzene rings is 1. The van der Waals surface area contributed by atoms with Crippen molar-refractivity contribution in [2.24, 2.45) is 4.99 Å². The molecular formula is C15H21N5O. The van der Waals surface area contributed by atoms with Crippen LogP contribution in [0.25, 0.3) is 0 Å². The molecule has 0 fully saturated rings. The van der Waals surface area contributed by atoms with Crippen LogP contribution in [0.1, 0.15) is 5.56 Å². The van der Waals surface area contributed by atoms with E-state index in [0.717, 1.165) is 30.4 Å². The van der Waals surface area contributed by atoms with Gasteiger partial charge < -0.3 is 19.9 Å². The summed E-state index contributed by atoms with van der Waals surface area (Å²) in [6.45, 7) is 2.33. The van der Waals surface area contributed by atoms with Crippen LogP contribution in [0.5, 0.6) is 5.75 Å². The highest BCUT2D eigenvalue weighted by atomic mass is 16.5. The Labute approximate surface area is 124 Å². The number of nitrogens with one attached hydrogen (secondary N) is 2. The standard InChI is InChI=1S/C15H21N5O/c1-16-15(18-7-9-20-8-6-17-12-20)19-11-13-4-3-5-14(10-13)21-2/h3-6,8,10,12H,7,9,11H2,1-2H3,(H2,16,18,19). The Balaban J connectivity index is 1.76. The highest BCUT2D eigenvalue weighted by Gasteiger charge is 1.99. The molecule has 1 heterocycles. The summed E-state index contributed by atoms with van der Waals surface area (Å²) in [5, 5.41) is 6.54. The first-order valence-corrected chi connectivity index (χ1v) is 6.85. The van der Waals surface area contributed by atoms with E-state index < -0.39 is 0 Å². The van der Waals surface area contributed by atoms with Crippen LogP contribution in [0, 0.1) is 0 Å². The number of guanidine groups is 1. The zero-order chi connectivity index (χ0) is 14.9. The highest BCUT2D eigenvalue weighted by molar-refractivity contribution is 5.79. The second-order valence-electron chi connectivity index (χ2n) is 4.50. The lowest BCUT2D eigenvalue weighted by atomic mass is 10.2. The summed E-state index contributed by atoms with van der Waals surface area (Å²) in [5.74, 6) is 1.63. The lowest BCUT2D eigenvalue weighted by Gasteiger charge is -2.12. The largest absolute Gasteiger partial charge is 0.497 e. The fraction of sp³-hybridized carbons (Fsp3) is 0.333. The SMILES string of the molecule is CN=C(NCCn1ccnc1)NCc1cccc(OC)c1. The summed E-state index contributed by atoms with van der Waals surface area (Å²) in [6.07, 6.45) is 5.51. The topological polar surface area (TPSA) is 63.5 Å². The van der Waals surface area contributed by atoms with E-state index in [1.807, 2.05) is 35.0 Å². The van der Waals surface area contributed by atoms with Crippen molar-refractivity contribution >= 4 is 5.96 Å². The van der Waals surface area contributed by atoms with Crippen molar-refractivity contribution in [1.29, 1.82) is 0 Å². The molecule has 112 valence electrons. The van der Waals surface area contributed by atoms with Crippen molar-refractivity contribution in [3.05, 3.63) is 48.5 Å². The summed E-state index contributed by atoms with van der Waals surface area (Å²) in [6, 6.07) is 7.97. The van der Waals surface area contributed by atoms with Gasteiger partial charge in [-0.1, -0.05) is 12.1 Å². The molecule has 1 aromatic heterocycles. The van der Waals surface area contributed by atoms with Crippen LogP contribution in [0.4, 0.5) is 0 Å². The number of nitrogens with zero attached hydrogens (tertiary/aromatic N) is 3. The third-order valence-electron chi connectivity index (χ3n) is 3.04. The van der Waals surface area contributed by atoms with Crippen molar-refractivity contribution in [2.75, 3.05) is 20.7 Å². The molecule has 0 spiro atoms. The van der Waals surface area contributed by atoms with Gasteiger partial charge in [-0.05, 0) is 17.7 Å². The van der Waals surface area contributed by atoms with E-state index in [2.05, 4.69) is 20.6 Å². The lowest BCUT2D eigenvalue weighted by molar-refractivity contribution is 0.414. The van der Waals surface area contributed by atoms with Crippen LogP contribution >= 0.6 is 0 Å². The highest BCUT2D eigenvalue weighted by Crippen LogP contribution is 2.11. The minimum absolute atomic E-state index is 0.696. The maximum Gasteiger partial charge on any atom is 0.191 e. The lowest BCUT2D eigenvalue weighted by Crippen LogP contribution is -2.38. The molecular weight excluding hydrogens is 266 g/mol. The quantitative estimate of drug-likeness (QED) is 0.620. The minimum Gasteiger partial charge on any atom is -0.497 e. The third kappa shape index (κ3) is 4.83. The molecule has 2 N–H and O–H groups in total. The van der Waals surface area contributed by atoms with Gasteiger partial charge in [0.25, 0.3) is 0 Å². The zero-order valence-electron chi connectivity index (χ0n) is 12.4. The third-order valence-corrected chi connectivity index (χ3v) is 3.04. The Morgan fingerprint density at radius 2 is 2.29 bits per heavy atom. The van der Waals surface area contributed by atoms with Crippen LogP contribution in [0.15, 0.2) is 48.0 Å². The molecule has 2 rings (SSSR count). The zero-order valence-corrected chi connectivity index (χ0v) is 12.4. The van der Waals surface area contributed by atoms with E-state index >= 15 is 0 Å². The number of methoxy groups -OCH3 is 1. The molecule has 0 aliphatic heterocycles. The molecule has 0 saturated heterocycles. The van der Waals surface area contributed by atoms with Crippen LogP contribution < -0.4 is 15.4 Å². The Kier molecular flexibility index (Phi) is 5.63. The Bertz CT molecular complexity index is 565. The van der Waals surface area contributed by atoms with Gasteiger partial charge in [0.2, 0.25) is 0 Å². The number of ether oxygens (including phenoxy) is 1. The molecule has 0 unspecified atom stereocenters. The summed E-state index contributed by atoms with van der Waals surface area (Å²) in [7, 11) is 3.43. The molecule has 0 radical (unpaired) electrons. The molecule has 0 bridgehead atoms. The molecule has 0 amide bonds. The maximum atomic E-state index is 5.21. The average molecular weight is 287 g/mol. The van der Waals surface area contributed by atoms with Crippen LogP contribution in [-0.2, 0) is 13.1 Å². The molecule has 6 heteroatoms. The monoisotopic (exact) mass is 287 g/mol. The molecule has 2 aromatic rings. The first-order valence-electron chi connectivity index (χ1n) is 6.85. The van der Waals surface area contributed by atoms with Gasteiger partial charge in [0.05, 0.1) is 13.4 Å². The minimum atomic E-state index is 0.696. The first-order chi connectivity index (χ1) is 10.3. The van der Waals surface area contributed by atoms with Crippen molar-refractivity contribution in [3.8, 4) is 5.75 Å². The van der Waals surface area contributed by atoms with Gasteiger partial charge in [0, 0.05) is 39.1 Å². The van der Waals surface area contributed by atoms with Gasteiger partial charge in [-0.3, -0.25) is 4.99 Å². The van der Waals surface area contributed by atoms with Crippen molar-refractivity contribution < 1.29 is 4.74 Å². The fourth-order valence-electron chi connectivity index (χ4n) is 1.91. The Morgan fingerprint density at radius 3 is 3.00 bits per heavy atom. The summed E-state index contributed by atoms with van der Waals surface area (Å²) in [5.41, 5.74) is 1.15. The molecule has 1 aromatic carbocycles. The van der Waals surface area contributed by atoms with Gasteiger partial charge >= 0.3 is 0 Å². The average Bonchev–Trinajstić information content (AvgIpc) is 3.04. The number of imidazole rings is 1. The van der Waals surface area contributed by atoms with Gasteiger partial charge in [-0.25, -0.2) is 4.98 Å². The molecule has 0 aliphatic rings. The van der Waals surface area contributed by atoms with E-state index in [4.69, 9.17) is 4.74 Å². The van der Waals surface area contributed by atoms with Crippen LogP contribution in [-0.4, -0.2) is 36.2 Å².